The Bertz CT molecular complexity index is 1110. The van der Waals surface area contributed by atoms with Gasteiger partial charge in [-0.3, -0.25) is 0 Å². The number of benzene rings is 2. The third kappa shape index (κ3) is 2.91. The van der Waals surface area contributed by atoms with Crippen LogP contribution >= 0.6 is 24.0 Å². The molecule has 1 fully saturated rings. The van der Waals surface area contributed by atoms with E-state index in [4.69, 9.17) is 17.0 Å². The molecule has 0 radical (unpaired) electrons. The minimum atomic E-state index is -0.0257. The van der Waals surface area contributed by atoms with E-state index in [0.29, 0.717) is 9.23 Å². The Morgan fingerprint density at radius 1 is 1.00 bits per heavy atom. The molecule has 2 aliphatic rings. The maximum absolute atomic E-state index is 12.3. The summed E-state index contributed by atoms with van der Waals surface area (Å²) < 4.78 is 9.04. The number of ether oxygens (including phenoxy) is 1. The van der Waals surface area contributed by atoms with Crippen molar-refractivity contribution in [2.24, 2.45) is 0 Å². The molecule has 5 rings (SSSR count). The molecule has 0 bridgehead atoms. The first-order valence-corrected chi connectivity index (χ1v) is 11.5. The number of likely N-dealkylation sites (N-methyl/N-ethyl adjacent to an activating group) is 1. The van der Waals surface area contributed by atoms with Crippen molar-refractivity contribution in [3.05, 3.63) is 70.0 Å². The molecule has 3 aromatic rings. The summed E-state index contributed by atoms with van der Waals surface area (Å²) in [5.74, 6) is 1.67. The van der Waals surface area contributed by atoms with Crippen molar-refractivity contribution < 1.29 is 9.53 Å². The van der Waals surface area contributed by atoms with Gasteiger partial charge in [-0.1, -0.05) is 0 Å². The number of para-hydroxylation sites is 4. The van der Waals surface area contributed by atoms with Gasteiger partial charge in [0.15, 0.2) is 0 Å². The van der Waals surface area contributed by atoms with Gasteiger partial charge in [0, 0.05) is 0 Å². The number of carbonyl (C=O) groups excluding carboxylic acids is 1. The number of fused-ring (bicyclic) bond motifs is 2. The third-order valence-corrected chi connectivity index (χ3v) is 8.14. The van der Waals surface area contributed by atoms with Crippen LogP contribution in [0, 0.1) is 0 Å². The van der Waals surface area contributed by atoms with Crippen LogP contribution in [0.3, 0.4) is 0 Å². The first-order valence-electron chi connectivity index (χ1n) is 8.59. The Hall–Kier alpha value is -2.31. The zero-order valence-corrected chi connectivity index (χ0v) is 18.1. The van der Waals surface area contributed by atoms with Crippen molar-refractivity contribution in [3.8, 4) is 11.5 Å². The molecule has 3 heterocycles. The van der Waals surface area contributed by atoms with Crippen LogP contribution in [0.15, 0.2) is 65.6 Å². The molecule has 1 saturated heterocycles. The van der Waals surface area contributed by atoms with E-state index in [2.05, 4.69) is 29.2 Å². The van der Waals surface area contributed by atoms with Crippen LogP contribution in [0.5, 0.6) is 11.5 Å². The zero-order chi connectivity index (χ0) is 19.3. The SMILES string of the molecule is CN1C(=O)/C(=C\c2ccc(N3c4ccccc4Oc4ccccc43)[se]2)SC1=S. The molecule has 1 amide bonds. The fourth-order valence-electron chi connectivity index (χ4n) is 3.16. The van der Waals surface area contributed by atoms with Crippen LogP contribution in [0.25, 0.3) is 6.08 Å². The summed E-state index contributed by atoms with van der Waals surface area (Å²) >= 11 is 6.66. The van der Waals surface area contributed by atoms with Gasteiger partial charge >= 0.3 is 179 Å². The average molecular weight is 469 g/mol. The normalized spacial score (nSPS) is 17.0. The summed E-state index contributed by atoms with van der Waals surface area (Å²) in [5, 5.41) is 0. The Morgan fingerprint density at radius 2 is 1.64 bits per heavy atom. The topological polar surface area (TPSA) is 32.8 Å². The molecule has 28 heavy (non-hydrogen) atoms. The Morgan fingerprint density at radius 3 is 2.25 bits per heavy atom. The third-order valence-electron chi connectivity index (χ3n) is 4.53. The molecule has 0 N–H and O–H groups in total. The molecule has 138 valence electrons. The molecule has 2 aromatic carbocycles. The molecule has 0 spiro atoms. The molecule has 4 nitrogen and oxygen atoms in total. The molecule has 7 heteroatoms. The van der Waals surface area contributed by atoms with Gasteiger partial charge in [-0.05, 0) is 0 Å². The first-order chi connectivity index (χ1) is 13.6. The van der Waals surface area contributed by atoms with Gasteiger partial charge in [0.2, 0.25) is 0 Å². The summed E-state index contributed by atoms with van der Waals surface area (Å²) in [4.78, 5) is 16.8. The fraction of sp³-hybridized carbons (Fsp3) is 0.0476. The van der Waals surface area contributed by atoms with Gasteiger partial charge in [0.25, 0.3) is 0 Å². The van der Waals surface area contributed by atoms with Crippen LogP contribution in [0.4, 0.5) is 15.9 Å². The van der Waals surface area contributed by atoms with Crippen LogP contribution in [0.1, 0.15) is 4.44 Å². The van der Waals surface area contributed by atoms with E-state index in [0.717, 1.165) is 27.3 Å². The number of anilines is 3. The predicted molar refractivity (Wildman–Crippen MR) is 119 cm³/mol. The maximum atomic E-state index is 12.3. The van der Waals surface area contributed by atoms with Crippen LogP contribution < -0.4 is 9.64 Å². The van der Waals surface area contributed by atoms with Crippen molar-refractivity contribution >= 4 is 70.7 Å². The number of rotatable bonds is 2. The van der Waals surface area contributed by atoms with Crippen LogP contribution in [-0.2, 0) is 4.79 Å². The van der Waals surface area contributed by atoms with Gasteiger partial charge in [0.1, 0.15) is 0 Å². The molecule has 0 saturated carbocycles. The minimum absolute atomic E-state index is 0.0257. The van der Waals surface area contributed by atoms with E-state index >= 15 is 0 Å². The van der Waals surface area contributed by atoms with E-state index in [1.54, 1.807) is 7.05 Å². The Balaban J connectivity index is 1.57. The van der Waals surface area contributed by atoms with E-state index in [9.17, 15) is 4.79 Å². The molecule has 0 aliphatic carbocycles. The van der Waals surface area contributed by atoms with Crippen LogP contribution in [-0.4, -0.2) is 36.7 Å². The second-order valence-electron chi connectivity index (χ2n) is 6.29. The molecule has 0 atom stereocenters. The van der Waals surface area contributed by atoms with Crippen LogP contribution in [0.2, 0.25) is 0 Å². The first kappa shape index (κ1) is 17.8. The van der Waals surface area contributed by atoms with Crippen molar-refractivity contribution in [2.45, 2.75) is 0 Å². The molecule has 1 aromatic heterocycles. The molecular weight excluding hydrogens is 455 g/mol. The summed E-state index contributed by atoms with van der Waals surface area (Å²) in [5.41, 5.74) is 2.06. The number of thioether (sulfide) groups is 1. The van der Waals surface area contributed by atoms with E-state index in [-0.39, 0.29) is 20.4 Å². The van der Waals surface area contributed by atoms with E-state index in [1.807, 2.05) is 42.5 Å². The van der Waals surface area contributed by atoms with Gasteiger partial charge in [-0.15, -0.1) is 0 Å². The molecular formula is C21H14N2O2S2Se. The zero-order valence-electron chi connectivity index (χ0n) is 14.8. The van der Waals surface area contributed by atoms with Crippen molar-refractivity contribution in [1.29, 1.82) is 0 Å². The van der Waals surface area contributed by atoms with Crippen molar-refractivity contribution in [3.63, 3.8) is 0 Å². The van der Waals surface area contributed by atoms with Crippen molar-refractivity contribution in [2.75, 3.05) is 11.9 Å². The summed E-state index contributed by atoms with van der Waals surface area (Å²) in [6, 6.07) is 20.4. The van der Waals surface area contributed by atoms with Gasteiger partial charge in [-0.2, -0.15) is 0 Å². The van der Waals surface area contributed by atoms with Gasteiger partial charge in [-0.25, -0.2) is 0 Å². The summed E-state index contributed by atoms with van der Waals surface area (Å²) in [6.07, 6.45) is 1.98. The summed E-state index contributed by atoms with van der Waals surface area (Å²) in [6.45, 7) is 0. The molecule has 2 aliphatic heterocycles. The van der Waals surface area contributed by atoms with Crippen molar-refractivity contribution in [1.82, 2.24) is 4.90 Å². The quantitative estimate of drug-likeness (QED) is 0.230. The molecule has 0 unspecified atom stereocenters. The number of hydrogen-bond donors (Lipinski definition) is 0. The monoisotopic (exact) mass is 470 g/mol. The van der Waals surface area contributed by atoms with E-state index in [1.165, 1.54) is 21.2 Å². The predicted octanol–water partition coefficient (Wildman–Crippen LogP) is 5.15. The summed E-state index contributed by atoms with van der Waals surface area (Å²) in [7, 11) is 1.72. The van der Waals surface area contributed by atoms with Gasteiger partial charge in [0.05, 0.1) is 0 Å². The standard InChI is InChI=1S/C21H14N2O2S2Se/c1-22-20(24)18(27-21(22)26)12-13-10-11-19(28-13)23-14-6-2-4-8-16(14)25-17-9-5-3-7-15(17)23/h2-12H,1H3/b18-12+. The average Bonchev–Trinajstić information content (AvgIpc) is 3.26. The van der Waals surface area contributed by atoms with E-state index < -0.39 is 0 Å². The second kappa shape index (κ2) is 6.94. The fourth-order valence-corrected chi connectivity index (χ4v) is 6.55. The number of hydrogen-bond acceptors (Lipinski definition) is 5. The Kier molecular flexibility index (Phi) is 4.40. The Labute approximate surface area is 178 Å². The number of nitrogens with zero attached hydrogens (tertiary/aromatic N) is 2. The second-order valence-corrected chi connectivity index (χ2v) is 10.3. The van der Waals surface area contributed by atoms with Gasteiger partial charge < -0.3 is 0 Å². The number of carbonyl (C=O) groups is 1. The number of thiocarbonyl (C=S) groups is 1. The number of amides is 1.